The normalized spacial score (nSPS) is 11.5. The van der Waals surface area contributed by atoms with Gasteiger partial charge in [0.1, 0.15) is 5.75 Å². The van der Waals surface area contributed by atoms with Crippen molar-refractivity contribution >= 4 is 41.9 Å². The lowest BCUT2D eigenvalue weighted by molar-refractivity contribution is 0.412. The second-order valence-corrected chi connectivity index (χ2v) is 8.73. The number of rotatable bonds is 7. The van der Waals surface area contributed by atoms with Gasteiger partial charge in [-0.1, -0.05) is 28.9 Å². The zero-order valence-electron chi connectivity index (χ0n) is 13.5. The van der Waals surface area contributed by atoms with E-state index in [9.17, 15) is 8.42 Å². The number of methoxy groups -OCH3 is 1. The standard InChI is InChI=1S/C17H19Br2NO3S/c1-3-13-11-14(18)5-7-17(13)24(21,22)20-9-8-12-4-6-16(23-2)15(19)10-12/h4-7,10-11,20H,3,8-9H2,1-2H3. The Labute approximate surface area is 159 Å². The molecule has 0 atom stereocenters. The fraction of sp³-hybridized carbons (Fsp3) is 0.294. The Morgan fingerprint density at radius 1 is 1.12 bits per heavy atom. The van der Waals surface area contributed by atoms with E-state index >= 15 is 0 Å². The maximum absolute atomic E-state index is 12.5. The third kappa shape index (κ3) is 4.81. The molecule has 0 aliphatic carbocycles. The number of hydrogen-bond acceptors (Lipinski definition) is 3. The summed E-state index contributed by atoms with van der Waals surface area (Å²) < 4.78 is 34.6. The highest BCUT2D eigenvalue weighted by molar-refractivity contribution is 9.10. The van der Waals surface area contributed by atoms with Crippen molar-refractivity contribution in [2.45, 2.75) is 24.7 Å². The molecule has 7 heteroatoms. The SMILES string of the molecule is CCc1cc(Br)ccc1S(=O)(=O)NCCc1ccc(OC)c(Br)c1. The Kier molecular flexibility index (Phi) is 6.86. The number of benzene rings is 2. The van der Waals surface area contributed by atoms with E-state index in [-0.39, 0.29) is 0 Å². The van der Waals surface area contributed by atoms with Crippen LogP contribution in [0, 0.1) is 0 Å². The molecule has 0 spiro atoms. The predicted molar refractivity (Wildman–Crippen MR) is 103 cm³/mol. The smallest absolute Gasteiger partial charge is 0.240 e. The summed E-state index contributed by atoms with van der Waals surface area (Å²) in [5, 5.41) is 0. The van der Waals surface area contributed by atoms with Crippen molar-refractivity contribution in [3.63, 3.8) is 0 Å². The van der Waals surface area contributed by atoms with E-state index in [0.717, 1.165) is 25.8 Å². The van der Waals surface area contributed by atoms with E-state index < -0.39 is 10.0 Å². The predicted octanol–water partition coefficient (Wildman–Crippen LogP) is 4.30. The molecule has 0 heterocycles. The minimum Gasteiger partial charge on any atom is -0.496 e. The number of ether oxygens (including phenoxy) is 1. The number of aryl methyl sites for hydroxylation is 1. The van der Waals surface area contributed by atoms with Gasteiger partial charge in [-0.3, -0.25) is 0 Å². The van der Waals surface area contributed by atoms with Crippen molar-refractivity contribution < 1.29 is 13.2 Å². The summed E-state index contributed by atoms with van der Waals surface area (Å²) in [6.45, 7) is 2.27. The lowest BCUT2D eigenvalue weighted by atomic mass is 10.1. The van der Waals surface area contributed by atoms with Crippen molar-refractivity contribution in [3.8, 4) is 5.75 Å². The van der Waals surface area contributed by atoms with E-state index in [1.807, 2.05) is 31.2 Å². The molecule has 0 radical (unpaired) electrons. The maximum Gasteiger partial charge on any atom is 0.240 e. The number of nitrogens with one attached hydrogen (secondary N) is 1. The van der Waals surface area contributed by atoms with Crippen molar-refractivity contribution in [3.05, 3.63) is 56.5 Å². The summed E-state index contributed by atoms with van der Waals surface area (Å²) in [5.41, 5.74) is 1.82. The van der Waals surface area contributed by atoms with Gasteiger partial charge in [-0.25, -0.2) is 13.1 Å². The van der Waals surface area contributed by atoms with Gasteiger partial charge >= 0.3 is 0 Å². The highest BCUT2D eigenvalue weighted by atomic mass is 79.9. The molecule has 0 aliphatic heterocycles. The minimum absolute atomic E-state index is 0.334. The van der Waals surface area contributed by atoms with Gasteiger partial charge in [-0.05, 0) is 70.2 Å². The van der Waals surface area contributed by atoms with Crippen molar-refractivity contribution in [1.82, 2.24) is 4.72 Å². The molecule has 24 heavy (non-hydrogen) atoms. The maximum atomic E-state index is 12.5. The average Bonchev–Trinajstić information content (AvgIpc) is 2.54. The molecule has 0 saturated carbocycles. The van der Waals surface area contributed by atoms with Gasteiger partial charge < -0.3 is 4.74 Å². The van der Waals surface area contributed by atoms with Gasteiger partial charge in [0.05, 0.1) is 16.5 Å². The van der Waals surface area contributed by atoms with Gasteiger partial charge in [-0.15, -0.1) is 0 Å². The third-order valence-electron chi connectivity index (χ3n) is 3.61. The van der Waals surface area contributed by atoms with Crippen molar-refractivity contribution in [2.24, 2.45) is 0 Å². The summed E-state index contributed by atoms with van der Waals surface area (Å²) in [4.78, 5) is 0.337. The van der Waals surface area contributed by atoms with Crippen LogP contribution in [-0.2, 0) is 22.9 Å². The van der Waals surface area contributed by atoms with Crippen LogP contribution in [0.3, 0.4) is 0 Å². The molecule has 0 fully saturated rings. The van der Waals surface area contributed by atoms with E-state index in [2.05, 4.69) is 36.6 Å². The van der Waals surface area contributed by atoms with Crippen LogP contribution in [0.4, 0.5) is 0 Å². The molecule has 2 aromatic carbocycles. The van der Waals surface area contributed by atoms with Crippen LogP contribution in [0.2, 0.25) is 0 Å². The quantitative estimate of drug-likeness (QED) is 0.647. The van der Waals surface area contributed by atoms with Crippen LogP contribution >= 0.6 is 31.9 Å². The molecule has 0 aliphatic rings. The highest BCUT2D eigenvalue weighted by Gasteiger charge is 2.17. The summed E-state index contributed by atoms with van der Waals surface area (Å²) >= 11 is 6.81. The molecule has 0 amide bonds. The van der Waals surface area contributed by atoms with E-state index in [1.54, 1.807) is 19.2 Å². The second kappa shape index (κ2) is 8.47. The van der Waals surface area contributed by atoms with Crippen molar-refractivity contribution in [2.75, 3.05) is 13.7 Å². The van der Waals surface area contributed by atoms with Crippen LogP contribution < -0.4 is 9.46 Å². The average molecular weight is 477 g/mol. The van der Waals surface area contributed by atoms with E-state index in [0.29, 0.717) is 24.3 Å². The molecule has 0 bridgehead atoms. The molecule has 0 unspecified atom stereocenters. The first-order valence-corrected chi connectivity index (χ1v) is 10.5. The summed E-state index contributed by atoms with van der Waals surface area (Å²) in [6.07, 6.45) is 1.25. The van der Waals surface area contributed by atoms with Crippen LogP contribution in [0.5, 0.6) is 5.75 Å². The molecule has 4 nitrogen and oxygen atoms in total. The molecule has 2 aromatic rings. The van der Waals surface area contributed by atoms with Crippen LogP contribution in [0.25, 0.3) is 0 Å². The Morgan fingerprint density at radius 3 is 2.50 bits per heavy atom. The lowest BCUT2D eigenvalue weighted by Gasteiger charge is -2.11. The molecule has 2 rings (SSSR count). The summed E-state index contributed by atoms with van der Waals surface area (Å²) in [5.74, 6) is 0.752. The van der Waals surface area contributed by atoms with E-state index in [4.69, 9.17) is 4.74 Å². The molecule has 1 N–H and O–H groups in total. The van der Waals surface area contributed by atoms with Crippen molar-refractivity contribution in [1.29, 1.82) is 0 Å². The molecule has 0 saturated heterocycles. The first-order chi connectivity index (χ1) is 11.4. The van der Waals surface area contributed by atoms with Gasteiger partial charge in [0.15, 0.2) is 0 Å². The fourth-order valence-corrected chi connectivity index (χ4v) is 4.68. The van der Waals surface area contributed by atoms with Gasteiger partial charge in [0, 0.05) is 11.0 Å². The lowest BCUT2D eigenvalue weighted by Crippen LogP contribution is -2.26. The molecular formula is C17H19Br2NO3S. The molecule has 130 valence electrons. The summed E-state index contributed by atoms with van der Waals surface area (Å²) in [6, 6.07) is 10.9. The van der Waals surface area contributed by atoms with Gasteiger partial charge in [-0.2, -0.15) is 0 Å². The number of hydrogen-bond donors (Lipinski definition) is 1. The number of halogens is 2. The monoisotopic (exact) mass is 475 g/mol. The Hall–Kier alpha value is -0.890. The summed E-state index contributed by atoms with van der Waals surface area (Å²) in [7, 11) is -1.91. The van der Waals surface area contributed by atoms with Crippen LogP contribution in [0.15, 0.2) is 50.2 Å². The first-order valence-electron chi connectivity index (χ1n) is 7.48. The minimum atomic E-state index is -3.52. The van der Waals surface area contributed by atoms with Gasteiger partial charge in [0.2, 0.25) is 10.0 Å². The Morgan fingerprint density at radius 2 is 1.88 bits per heavy atom. The second-order valence-electron chi connectivity index (χ2n) is 5.22. The van der Waals surface area contributed by atoms with Gasteiger partial charge in [0.25, 0.3) is 0 Å². The van der Waals surface area contributed by atoms with Crippen LogP contribution in [-0.4, -0.2) is 22.1 Å². The molecule has 0 aromatic heterocycles. The number of sulfonamides is 1. The first kappa shape index (κ1) is 19.4. The largest absolute Gasteiger partial charge is 0.496 e. The zero-order chi connectivity index (χ0) is 17.7. The topological polar surface area (TPSA) is 55.4 Å². The highest BCUT2D eigenvalue weighted by Crippen LogP contribution is 2.26. The Balaban J connectivity index is 2.07. The third-order valence-corrected chi connectivity index (χ3v) is 6.29. The molecular weight excluding hydrogens is 458 g/mol. The van der Waals surface area contributed by atoms with Crippen LogP contribution in [0.1, 0.15) is 18.1 Å². The van der Waals surface area contributed by atoms with E-state index in [1.165, 1.54) is 0 Å². The fourth-order valence-electron chi connectivity index (χ4n) is 2.36. The Bertz CT molecular complexity index is 823. The zero-order valence-corrected chi connectivity index (χ0v) is 17.5.